The molecule has 0 bridgehead atoms. The van der Waals surface area contributed by atoms with Gasteiger partial charge in [-0.15, -0.1) is 0 Å². The maximum atomic E-state index is 12.5. The predicted octanol–water partition coefficient (Wildman–Crippen LogP) is 1.80. The lowest BCUT2D eigenvalue weighted by Crippen LogP contribution is -2.47. The molecule has 0 unspecified atom stereocenters. The van der Waals surface area contributed by atoms with Crippen LogP contribution < -0.4 is 10.6 Å². The first-order valence-electron chi connectivity index (χ1n) is 7.41. The van der Waals surface area contributed by atoms with Crippen LogP contribution in [0.2, 0.25) is 0 Å². The van der Waals surface area contributed by atoms with E-state index in [-0.39, 0.29) is 0 Å². The minimum Gasteiger partial charge on any atom is -0.399 e. The maximum absolute atomic E-state index is 12.5. The molecule has 0 aliphatic heterocycles. The second-order valence-electron chi connectivity index (χ2n) is 5.05. The minimum absolute atomic E-state index is 0.304. The summed E-state index contributed by atoms with van der Waals surface area (Å²) in [5, 5.41) is 0. The first-order valence-corrected chi connectivity index (χ1v) is 7.41. The van der Waals surface area contributed by atoms with E-state index in [2.05, 4.69) is 0 Å². The monoisotopic (exact) mass is 305 g/mol. The van der Waals surface area contributed by atoms with Crippen LogP contribution in [0, 0.1) is 0 Å². The quantitative estimate of drug-likeness (QED) is 0.664. The lowest BCUT2D eigenvalue weighted by molar-refractivity contribution is -0.145. The van der Waals surface area contributed by atoms with Gasteiger partial charge >= 0.3 is 11.8 Å². The summed E-state index contributed by atoms with van der Waals surface area (Å²) < 4.78 is 0. The van der Waals surface area contributed by atoms with Crippen molar-refractivity contribution in [3.8, 4) is 0 Å². The molecule has 120 valence electrons. The van der Waals surface area contributed by atoms with Crippen molar-refractivity contribution < 1.29 is 14.4 Å². The molecular weight excluding hydrogens is 282 g/mol. The van der Waals surface area contributed by atoms with Crippen LogP contribution in [-0.2, 0) is 14.4 Å². The fraction of sp³-hybridized carbons (Fsp3) is 0.438. The standard InChI is InChI=1S/C16H23N3O3/c1-4-9-18(10-5-2)15(21)16(22)19(12(3)20)14-8-6-7-13(17)11-14/h6-8,11H,4-5,9-10,17H2,1-3H3. The lowest BCUT2D eigenvalue weighted by atomic mass is 10.2. The number of nitrogens with zero attached hydrogens (tertiary/aromatic N) is 2. The number of carbonyl (C=O) groups is 3. The average Bonchev–Trinajstić information content (AvgIpc) is 2.46. The van der Waals surface area contributed by atoms with Gasteiger partial charge in [-0.1, -0.05) is 19.9 Å². The predicted molar refractivity (Wildman–Crippen MR) is 86.2 cm³/mol. The van der Waals surface area contributed by atoms with Gasteiger partial charge in [-0.2, -0.15) is 0 Å². The topological polar surface area (TPSA) is 83.7 Å². The number of nitrogens with two attached hydrogens (primary N) is 1. The third-order valence-corrected chi connectivity index (χ3v) is 3.10. The summed E-state index contributed by atoms with van der Waals surface area (Å²) in [6.45, 7) is 6.09. The molecule has 2 N–H and O–H groups in total. The van der Waals surface area contributed by atoms with Gasteiger partial charge in [0.1, 0.15) is 0 Å². The molecule has 0 radical (unpaired) electrons. The average molecular weight is 305 g/mol. The highest BCUT2D eigenvalue weighted by Gasteiger charge is 2.30. The van der Waals surface area contributed by atoms with Gasteiger partial charge in [0, 0.05) is 25.7 Å². The van der Waals surface area contributed by atoms with E-state index in [0.29, 0.717) is 24.5 Å². The van der Waals surface area contributed by atoms with Crippen molar-refractivity contribution in [3.63, 3.8) is 0 Å². The van der Waals surface area contributed by atoms with E-state index in [1.165, 1.54) is 17.9 Å². The van der Waals surface area contributed by atoms with Gasteiger partial charge in [0.05, 0.1) is 5.69 Å². The van der Waals surface area contributed by atoms with Crippen molar-refractivity contribution in [2.24, 2.45) is 0 Å². The van der Waals surface area contributed by atoms with Gasteiger partial charge in [-0.3, -0.25) is 14.4 Å². The van der Waals surface area contributed by atoms with Crippen LogP contribution in [-0.4, -0.2) is 35.7 Å². The fourth-order valence-corrected chi connectivity index (χ4v) is 2.19. The molecule has 0 saturated carbocycles. The lowest BCUT2D eigenvalue weighted by Gasteiger charge is -2.25. The van der Waals surface area contributed by atoms with E-state index in [1.54, 1.807) is 18.2 Å². The third-order valence-electron chi connectivity index (χ3n) is 3.10. The number of hydrogen-bond acceptors (Lipinski definition) is 4. The van der Waals surface area contributed by atoms with E-state index in [9.17, 15) is 14.4 Å². The Hall–Kier alpha value is -2.37. The smallest absolute Gasteiger partial charge is 0.323 e. The van der Waals surface area contributed by atoms with Gasteiger partial charge in [-0.25, -0.2) is 4.90 Å². The van der Waals surface area contributed by atoms with E-state index in [1.807, 2.05) is 13.8 Å². The molecule has 22 heavy (non-hydrogen) atoms. The Morgan fingerprint density at radius 1 is 1.05 bits per heavy atom. The molecule has 0 saturated heterocycles. The van der Waals surface area contributed by atoms with Crippen LogP contribution in [0.5, 0.6) is 0 Å². The van der Waals surface area contributed by atoms with Gasteiger partial charge in [0.2, 0.25) is 5.91 Å². The summed E-state index contributed by atoms with van der Waals surface area (Å²) in [7, 11) is 0. The second-order valence-corrected chi connectivity index (χ2v) is 5.05. The van der Waals surface area contributed by atoms with Crippen LogP contribution in [0.15, 0.2) is 24.3 Å². The molecule has 3 amide bonds. The zero-order valence-corrected chi connectivity index (χ0v) is 13.3. The molecule has 0 fully saturated rings. The summed E-state index contributed by atoms with van der Waals surface area (Å²) >= 11 is 0. The van der Waals surface area contributed by atoms with Crippen molar-refractivity contribution in [1.82, 2.24) is 4.90 Å². The Morgan fingerprint density at radius 2 is 1.64 bits per heavy atom. The van der Waals surface area contributed by atoms with Crippen LogP contribution in [0.1, 0.15) is 33.6 Å². The zero-order valence-electron chi connectivity index (χ0n) is 13.3. The molecule has 6 nitrogen and oxygen atoms in total. The second kappa shape index (κ2) is 8.17. The Balaban J connectivity index is 3.08. The molecule has 0 aliphatic rings. The largest absolute Gasteiger partial charge is 0.399 e. The first kappa shape index (κ1) is 17.7. The van der Waals surface area contributed by atoms with Crippen LogP contribution >= 0.6 is 0 Å². The van der Waals surface area contributed by atoms with Crippen LogP contribution in [0.3, 0.4) is 0 Å². The van der Waals surface area contributed by atoms with E-state index >= 15 is 0 Å². The van der Waals surface area contributed by atoms with Crippen molar-refractivity contribution in [1.29, 1.82) is 0 Å². The van der Waals surface area contributed by atoms with Gasteiger partial charge in [-0.05, 0) is 31.0 Å². The Labute approximate surface area is 130 Å². The SMILES string of the molecule is CCCN(CCC)C(=O)C(=O)N(C(C)=O)c1cccc(N)c1. The van der Waals surface area contributed by atoms with Gasteiger partial charge in [0.25, 0.3) is 0 Å². The number of imide groups is 1. The van der Waals surface area contributed by atoms with Gasteiger partial charge in [0.15, 0.2) is 0 Å². The van der Waals surface area contributed by atoms with Crippen molar-refractivity contribution >= 4 is 29.1 Å². The van der Waals surface area contributed by atoms with Crippen molar-refractivity contribution in [3.05, 3.63) is 24.3 Å². The molecule has 6 heteroatoms. The Morgan fingerprint density at radius 3 is 2.09 bits per heavy atom. The summed E-state index contributed by atoms with van der Waals surface area (Å²) in [5.74, 6) is -2.03. The maximum Gasteiger partial charge on any atom is 0.323 e. The van der Waals surface area contributed by atoms with Gasteiger partial charge < -0.3 is 10.6 Å². The highest BCUT2D eigenvalue weighted by molar-refractivity contribution is 6.45. The molecule has 0 aliphatic carbocycles. The Bertz CT molecular complexity index is 551. The number of rotatable bonds is 5. The summed E-state index contributed by atoms with van der Waals surface area (Å²) in [5.41, 5.74) is 6.41. The molecule has 0 heterocycles. The fourth-order valence-electron chi connectivity index (χ4n) is 2.19. The molecule has 0 aromatic heterocycles. The van der Waals surface area contributed by atoms with Crippen LogP contribution in [0.4, 0.5) is 11.4 Å². The number of amides is 3. The van der Waals surface area contributed by atoms with E-state index < -0.39 is 17.7 Å². The minimum atomic E-state index is -0.847. The highest BCUT2D eigenvalue weighted by atomic mass is 16.2. The Kier molecular flexibility index (Phi) is 6.56. The molecule has 1 rings (SSSR count). The summed E-state index contributed by atoms with van der Waals surface area (Å²) in [4.78, 5) is 39.0. The van der Waals surface area contributed by atoms with Crippen molar-refractivity contribution in [2.75, 3.05) is 23.7 Å². The molecule has 1 aromatic carbocycles. The number of nitrogen functional groups attached to an aromatic ring is 1. The van der Waals surface area contributed by atoms with E-state index in [0.717, 1.165) is 17.7 Å². The molecule has 0 spiro atoms. The zero-order chi connectivity index (χ0) is 16.7. The molecule has 0 atom stereocenters. The number of benzene rings is 1. The number of anilines is 2. The molecular formula is C16H23N3O3. The normalized spacial score (nSPS) is 10.1. The summed E-state index contributed by atoms with van der Waals surface area (Å²) in [6.07, 6.45) is 1.49. The number of carbonyl (C=O) groups excluding carboxylic acids is 3. The first-order chi connectivity index (χ1) is 10.4. The van der Waals surface area contributed by atoms with Crippen LogP contribution in [0.25, 0.3) is 0 Å². The third kappa shape index (κ3) is 4.31. The van der Waals surface area contributed by atoms with Crippen molar-refractivity contribution in [2.45, 2.75) is 33.6 Å². The summed E-state index contributed by atoms with van der Waals surface area (Å²) in [6, 6.07) is 6.35. The van der Waals surface area contributed by atoms with E-state index in [4.69, 9.17) is 5.73 Å². The number of hydrogen-bond donors (Lipinski definition) is 1. The highest BCUT2D eigenvalue weighted by Crippen LogP contribution is 2.18. The molecule has 1 aromatic rings.